The summed E-state index contributed by atoms with van der Waals surface area (Å²) in [6, 6.07) is 0. The minimum absolute atomic E-state index is 0.957. The Kier molecular flexibility index (Phi) is 2.68. The van der Waals surface area contributed by atoms with Crippen LogP contribution >= 0.6 is 0 Å². The molecule has 5 heavy (non-hydrogen) atoms. The summed E-state index contributed by atoms with van der Waals surface area (Å²) in [5.74, 6) is 0. The van der Waals surface area contributed by atoms with Crippen LogP contribution in [0.2, 0.25) is 0 Å². The topological polar surface area (TPSA) is 47.6 Å². The summed E-state index contributed by atoms with van der Waals surface area (Å²) in [6.07, 6.45) is 0. The van der Waals surface area contributed by atoms with Crippen molar-refractivity contribution in [2.45, 2.75) is 0 Å². The van der Waals surface area contributed by atoms with Crippen molar-refractivity contribution in [3.63, 3.8) is 0 Å². The third-order valence-electron chi connectivity index (χ3n) is 0.158. The molecule has 0 fully saturated rings. The Labute approximate surface area is 32.5 Å². The molecule has 0 radical (unpaired) electrons. The van der Waals surface area contributed by atoms with Crippen LogP contribution in [0.1, 0.15) is 0 Å². The molecular weight excluding hydrogens is 80.1 g/mol. The number of hydrogen-bond donors (Lipinski definition) is 0. The molecule has 0 amide bonds. The Balaban J connectivity index is 2.86. The van der Waals surface area contributed by atoms with Crippen LogP contribution in [-0.4, -0.2) is 9.52 Å². The van der Waals surface area contributed by atoms with E-state index in [4.69, 9.17) is 10.5 Å². The van der Waals surface area contributed by atoms with Crippen LogP contribution in [0.15, 0.2) is 0 Å². The molecule has 0 spiro atoms. The van der Waals surface area contributed by atoms with E-state index in [9.17, 15) is 0 Å². The van der Waals surface area contributed by atoms with Crippen LogP contribution < -0.4 is 0 Å². The lowest BCUT2D eigenvalue weighted by Gasteiger charge is -1.43. The second kappa shape index (κ2) is 3.20. The fourth-order valence-corrected chi connectivity index (χ4v) is 0.106. The minimum atomic E-state index is -0.957. The Hall–Kier alpha value is -0.803. The Bertz CT molecular complexity index is 72.8. The fourth-order valence-electron chi connectivity index (χ4n) is 0.0354. The lowest BCUT2D eigenvalue weighted by molar-refractivity contribution is 1.55. The highest BCUT2D eigenvalue weighted by molar-refractivity contribution is 6.53. The highest BCUT2D eigenvalue weighted by Gasteiger charge is 1.65. The zero-order valence-corrected chi connectivity index (χ0v) is 4.02. The quantitative estimate of drug-likeness (QED) is 0.356. The molecule has 3 heteroatoms. The molecule has 0 bridgehead atoms. The Morgan fingerprint density at radius 2 is 1.60 bits per heavy atom. The molecule has 0 aromatic carbocycles. The zero-order chi connectivity index (χ0) is 4.12. The van der Waals surface area contributed by atoms with Gasteiger partial charge in [0.2, 0.25) is 0 Å². The van der Waals surface area contributed by atoms with Gasteiger partial charge in [-0.1, -0.05) is 0 Å². The van der Waals surface area contributed by atoms with Gasteiger partial charge in [0.1, 0.15) is 0 Å². The van der Waals surface area contributed by atoms with E-state index in [1.165, 1.54) is 0 Å². The van der Waals surface area contributed by atoms with E-state index >= 15 is 0 Å². The lowest BCUT2D eigenvalue weighted by Crippen LogP contribution is -1.70. The summed E-state index contributed by atoms with van der Waals surface area (Å²) >= 11 is 0. The van der Waals surface area contributed by atoms with Crippen molar-refractivity contribution < 1.29 is 0 Å². The molecule has 0 aliphatic carbocycles. The Morgan fingerprint density at radius 3 is 1.60 bits per heavy atom. The smallest absolute Gasteiger partial charge is 0.206 e. The predicted molar refractivity (Wildman–Crippen MR) is 19.8 cm³/mol. The maximum atomic E-state index is 7.66. The number of nitriles is 2. The van der Waals surface area contributed by atoms with Gasteiger partial charge < -0.3 is 0 Å². The van der Waals surface area contributed by atoms with Crippen LogP contribution in [0.3, 0.4) is 0 Å². The summed E-state index contributed by atoms with van der Waals surface area (Å²) < 4.78 is 0. The first-order valence-electron chi connectivity index (χ1n) is 1.15. The Morgan fingerprint density at radius 1 is 1.20 bits per heavy atom. The maximum absolute atomic E-state index is 7.66. The van der Waals surface area contributed by atoms with Crippen molar-refractivity contribution in [1.82, 2.24) is 0 Å². The summed E-state index contributed by atoms with van der Waals surface area (Å²) in [7, 11) is -0.957. The van der Waals surface area contributed by atoms with Crippen LogP contribution in [0.5, 0.6) is 0 Å². The molecule has 0 aliphatic rings. The average Bonchev–Trinajstić information content (AvgIpc) is 1.41. The van der Waals surface area contributed by atoms with Crippen LogP contribution in [0, 0.1) is 21.9 Å². The summed E-state index contributed by atoms with van der Waals surface area (Å²) in [5, 5.41) is 15.3. The molecule has 0 atom stereocenters. The third kappa shape index (κ3) is 3.20. The van der Waals surface area contributed by atoms with E-state index < -0.39 is 9.52 Å². The van der Waals surface area contributed by atoms with Gasteiger partial charge in [0, 0.05) is 11.4 Å². The minimum Gasteiger partial charge on any atom is -0.206 e. The molecule has 0 saturated carbocycles. The molecule has 0 N–H and O–H groups in total. The van der Waals surface area contributed by atoms with Gasteiger partial charge in [-0.05, 0) is 0 Å². The molecule has 0 unspecified atom stereocenters. The molecule has 0 aromatic rings. The van der Waals surface area contributed by atoms with Gasteiger partial charge in [-0.15, -0.1) is 0 Å². The van der Waals surface area contributed by atoms with Gasteiger partial charge in [-0.25, -0.2) is 10.5 Å². The van der Waals surface area contributed by atoms with E-state index in [-0.39, 0.29) is 0 Å². The molecule has 0 rings (SSSR count). The number of hydrogen-bond acceptors (Lipinski definition) is 2. The second-order valence-corrected chi connectivity index (χ2v) is 1.48. The van der Waals surface area contributed by atoms with Crippen molar-refractivity contribution in [1.29, 1.82) is 10.5 Å². The summed E-state index contributed by atoms with van der Waals surface area (Å²) in [5.41, 5.74) is 3.59. The summed E-state index contributed by atoms with van der Waals surface area (Å²) in [6.45, 7) is 0. The highest BCUT2D eigenvalue weighted by atomic mass is 28.2. The number of nitrogens with zero attached hydrogens (tertiary/aromatic N) is 2. The van der Waals surface area contributed by atoms with Crippen molar-refractivity contribution >= 4 is 9.52 Å². The van der Waals surface area contributed by atoms with Gasteiger partial charge in [0.15, 0.2) is 0 Å². The van der Waals surface area contributed by atoms with Crippen molar-refractivity contribution in [2.24, 2.45) is 0 Å². The lowest BCUT2D eigenvalue weighted by atomic mass is 11.7. The van der Waals surface area contributed by atoms with E-state index in [1.54, 1.807) is 11.4 Å². The van der Waals surface area contributed by atoms with Crippen molar-refractivity contribution in [2.75, 3.05) is 0 Å². The van der Waals surface area contributed by atoms with Gasteiger partial charge >= 0.3 is 0 Å². The molecule has 0 aliphatic heterocycles. The molecule has 2 nitrogen and oxygen atoms in total. The van der Waals surface area contributed by atoms with Crippen LogP contribution in [0.4, 0.5) is 0 Å². The average molecular weight is 82.1 g/mol. The highest BCUT2D eigenvalue weighted by Crippen LogP contribution is 1.38. The first-order valence-corrected chi connectivity index (χ1v) is 2.57. The first kappa shape index (κ1) is 4.20. The van der Waals surface area contributed by atoms with Gasteiger partial charge in [0.05, 0.1) is 0 Å². The monoisotopic (exact) mass is 82.0 g/mol. The van der Waals surface area contributed by atoms with E-state index in [0.29, 0.717) is 0 Å². The maximum Gasteiger partial charge on any atom is 0.257 e. The van der Waals surface area contributed by atoms with Crippen LogP contribution in [0.25, 0.3) is 0 Å². The van der Waals surface area contributed by atoms with Crippen LogP contribution in [-0.2, 0) is 0 Å². The SMILES string of the molecule is N#C[SiH2]C#N. The third-order valence-corrected chi connectivity index (χ3v) is 0.474. The largest absolute Gasteiger partial charge is 0.257 e. The molecule has 0 aromatic heterocycles. The zero-order valence-electron chi connectivity index (χ0n) is 2.60. The number of rotatable bonds is 0. The van der Waals surface area contributed by atoms with Gasteiger partial charge in [0.25, 0.3) is 9.52 Å². The van der Waals surface area contributed by atoms with E-state index in [0.717, 1.165) is 0 Å². The van der Waals surface area contributed by atoms with Crippen molar-refractivity contribution in [3.05, 3.63) is 0 Å². The van der Waals surface area contributed by atoms with Gasteiger partial charge in [-0.3, -0.25) is 0 Å². The standard InChI is InChI=1S/C2H2N2Si/c3-1-5-2-4/h5H2. The summed E-state index contributed by atoms with van der Waals surface area (Å²) in [4.78, 5) is 0. The molecule has 24 valence electrons. The molecular formula is C2H2N2Si. The molecule has 0 saturated heterocycles. The first-order chi connectivity index (χ1) is 2.41. The fraction of sp³-hybridized carbons (Fsp3) is 0. The van der Waals surface area contributed by atoms with Crippen molar-refractivity contribution in [3.8, 4) is 11.4 Å². The predicted octanol–water partition coefficient (Wildman–Crippen LogP) is -0.883. The second-order valence-electron chi connectivity index (χ2n) is 0.493. The van der Waals surface area contributed by atoms with E-state index in [1.807, 2.05) is 0 Å². The van der Waals surface area contributed by atoms with Gasteiger partial charge in [-0.2, -0.15) is 0 Å². The van der Waals surface area contributed by atoms with E-state index in [2.05, 4.69) is 0 Å². The molecule has 0 heterocycles. The normalized spacial score (nSPS) is 4.40.